The molecule has 2 amide bonds. The van der Waals surface area contributed by atoms with Crippen LogP contribution in [0.4, 0.5) is 14.9 Å². The molecule has 6 heteroatoms. The third kappa shape index (κ3) is 4.90. The molecule has 0 aliphatic carbocycles. The SMILES string of the molecule is Cc1cccc(C)c1OCCNC(=O)N1CCN(c2ccc(F)cc2)CC1. The third-order valence-corrected chi connectivity index (χ3v) is 4.79. The van der Waals surface area contributed by atoms with E-state index in [1.807, 2.05) is 32.0 Å². The maximum atomic E-state index is 13.0. The summed E-state index contributed by atoms with van der Waals surface area (Å²) in [6, 6.07) is 12.4. The van der Waals surface area contributed by atoms with Crippen LogP contribution in [0.3, 0.4) is 0 Å². The smallest absolute Gasteiger partial charge is 0.317 e. The molecule has 0 bridgehead atoms. The molecule has 1 aliphatic heterocycles. The van der Waals surface area contributed by atoms with Crippen molar-refractivity contribution in [2.75, 3.05) is 44.2 Å². The Bertz CT molecular complexity index is 751. The number of carbonyl (C=O) groups is 1. The summed E-state index contributed by atoms with van der Waals surface area (Å²) in [5.74, 6) is 0.652. The Morgan fingerprint density at radius 3 is 2.30 bits per heavy atom. The van der Waals surface area contributed by atoms with E-state index in [0.717, 1.165) is 35.7 Å². The number of urea groups is 1. The van der Waals surface area contributed by atoms with E-state index in [1.54, 1.807) is 17.0 Å². The summed E-state index contributed by atoms with van der Waals surface area (Å²) >= 11 is 0. The van der Waals surface area contributed by atoms with Gasteiger partial charge in [-0.3, -0.25) is 0 Å². The van der Waals surface area contributed by atoms with Crippen LogP contribution < -0.4 is 15.0 Å². The number of amides is 2. The molecule has 3 rings (SSSR count). The first kappa shape index (κ1) is 19.0. The van der Waals surface area contributed by atoms with Crippen LogP contribution in [0.2, 0.25) is 0 Å². The molecule has 0 unspecified atom stereocenters. The highest BCUT2D eigenvalue weighted by Gasteiger charge is 2.21. The fraction of sp³-hybridized carbons (Fsp3) is 0.381. The first-order valence-electron chi connectivity index (χ1n) is 9.27. The molecule has 0 atom stereocenters. The second-order valence-corrected chi connectivity index (χ2v) is 6.75. The zero-order valence-corrected chi connectivity index (χ0v) is 15.9. The number of hydrogen-bond donors (Lipinski definition) is 1. The molecule has 1 heterocycles. The molecule has 2 aromatic rings. The molecule has 2 aromatic carbocycles. The summed E-state index contributed by atoms with van der Waals surface area (Å²) in [6.07, 6.45) is 0. The van der Waals surface area contributed by atoms with Crippen LogP contribution in [0.1, 0.15) is 11.1 Å². The molecule has 1 saturated heterocycles. The van der Waals surface area contributed by atoms with Crippen molar-refractivity contribution in [3.05, 3.63) is 59.4 Å². The van der Waals surface area contributed by atoms with Gasteiger partial charge < -0.3 is 19.9 Å². The summed E-state index contributed by atoms with van der Waals surface area (Å²) < 4.78 is 18.8. The largest absolute Gasteiger partial charge is 0.491 e. The van der Waals surface area contributed by atoms with Crippen LogP contribution in [0, 0.1) is 19.7 Å². The monoisotopic (exact) mass is 371 g/mol. The van der Waals surface area contributed by atoms with Crippen molar-refractivity contribution in [1.29, 1.82) is 0 Å². The molecule has 0 radical (unpaired) electrons. The molecule has 1 aliphatic rings. The fourth-order valence-electron chi connectivity index (χ4n) is 3.27. The lowest BCUT2D eigenvalue weighted by atomic mass is 10.1. The average Bonchev–Trinajstić information content (AvgIpc) is 2.67. The highest BCUT2D eigenvalue weighted by Crippen LogP contribution is 2.22. The molecular formula is C21H26FN3O2. The maximum absolute atomic E-state index is 13.0. The predicted molar refractivity (Wildman–Crippen MR) is 105 cm³/mol. The maximum Gasteiger partial charge on any atom is 0.317 e. The minimum absolute atomic E-state index is 0.0705. The first-order chi connectivity index (χ1) is 13.0. The Kier molecular flexibility index (Phi) is 6.16. The number of para-hydroxylation sites is 1. The standard InChI is InChI=1S/C21H26FN3O2/c1-16-4-3-5-17(2)20(16)27-15-10-23-21(26)25-13-11-24(12-14-25)19-8-6-18(22)7-9-19/h3-9H,10-15H2,1-2H3,(H,23,26). The van der Waals surface area contributed by atoms with Crippen molar-refractivity contribution in [3.8, 4) is 5.75 Å². The van der Waals surface area contributed by atoms with Crippen molar-refractivity contribution in [2.45, 2.75) is 13.8 Å². The Labute approximate surface area is 159 Å². The number of hydrogen-bond acceptors (Lipinski definition) is 3. The molecular weight excluding hydrogens is 345 g/mol. The van der Waals surface area contributed by atoms with E-state index < -0.39 is 0 Å². The van der Waals surface area contributed by atoms with E-state index in [0.29, 0.717) is 26.2 Å². The first-order valence-corrected chi connectivity index (χ1v) is 9.27. The van der Waals surface area contributed by atoms with Crippen LogP contribution in [0.5, 0.6) is 5.75 Å². The van der Waals surface area contributed by atoms with Gasteiger partial charge in [0, 0.05) is 31.9 Å². The number of anilines is 1. The van der Waals surface area contributed by atoms with Gasteiger partial charge in [0.2, 0.25) is 0 Å². The average molecular weight is 371 g/mol. The number of rotatable bonds is 5. The number of piperazine rings is 1. The van der Waals surface area contributed by atoms with E-state index >= 15 is 0 Å². The van der Waals surface area contributed by atoms with Gasteiger partial charge in [-0.15, -0.1) is 0 Å². The highest BCUT2D eigenvalue weighted by molar-refractivity contribution is 5.74. The van der Waals surface area contributed by atoms with Crippen LogP contribution in [0.15, 0.2) is 42.5 Å². The lowest BCUT2D eigenvalue weighted by Crippen LogP contribution is -2.52. The van der Waals surface area contributed by atoms with E-state index in [1.165, 1.54) is 12.1 Å². The molecule has 0 aromatic heterocycles. The van der Waals surface area contributed by atoms with Gasteiger partial charge in [-0.1, -0.05) is 18.2 Å². The number of nitrogens with zero attached hydrogens (tertiary/aromatic N) is 2. The lowest BCUT2D eigenvalue weighted by Gasteiger charge is -2.36. The van der Waals surface area contributed by atoms with Crippen LogP contribution in [-0.2, 0) is 0 Å². The van der Waals surface area contributed by atoms with Gasteiger partial charge >= 0.3 is 6.03 Å². The van der Waals surface area contributed by atoms with Crippen LogP contribution in [0.25, 0.3) is 0 Å². The lowest BCUT2D eigenvalue weighted by molar-refractivity contribution is 0.191. The van der Waals surface area contributed by atoms with Crippen LogP contribution >= 0.6 is 0 Å². The molecule has 1 fully saturated rings. The summed E-state index contributed by atoms with van der Waals surface area (Å²) in [5, 5.41) is 2.92. The van der Waals surface area contributed by atoms with Gasteiger partial charge in [0.15, 0.2) is 0 Å². The molecule has 144 valence electrons. The van der Waals surface area contributed by atoms with Crippen molar-refractivity contribution >= 4 is 11.7 Å². The van der Waals surface area contributed by atoms with Gasteiger partial charge in [-0.25, -0.2) is 9.18 Å². The van der Waals surface area contributed by atoms with Gasteiger partial charge in [-0.2, -0.15) is 0 Å². The molecule has 27 heavy (non-hydrogen) atoms. The van der Waals surface area contributed by atoms with Gasteiger partial charge in [0.1, 0.15) is 18.2 Å². The third-order valence-electron chi connectivity index (χ3n) is 4.79. The minimum Gasteiger partial charge on any atom is -0.491 e. The Morgan fingerprint density at radius 1 is 1.04 bits per heavy atom. The summed E-state index contributed by atoms with van der Waals surface area (Å²) in [6.45, 7) is 7.68. The Morgan fingerprint density at radius 2 is 1.67 bits per heavy atom. The number of halogens is 1. The molecule has 0 spiro atoms. The fourth-order valence-corrected chi connectivity index (χ4v) is 3.27. The molecule has 5 nitrogen and oxygen atoms in total. The number of nitrogens with one attached hydrogen (secondary N) is 1. The summed E-state index contributed by atoms with van der Waals surface area (Å²) in [4.78, 5) is 16.3. The van der Waals surface area contributed by atoms with Gasteiger partial charge in [0.05, 0.1) is 6.54 Å². The predicted octanol–water partition coefficient (Wildman–Crippen LogP) is 3.35. The van der Waals surface area contributed by atoms with E-state index in [-0.39, 0.29) is 11.8 Å². The van der Waals surface area contributed by atoms with E-state index in [9.17, 15) is 9.18 Å². The van der Waals surface area contributed by atoms with Crippen LogP contribution in [-0.4, -0.2) is 50.3 Å². The Hall–Kier alpha value is -2.76. The normalized spacial score (nSPS) is 14.2. The molecule has 0 saturated carbocycles. The minimum atomic E-state index is -0.236. The zero-order chi connectivity index (χ0) is 19.2. The van der Waals surface area contributed by atoms with Crippen molar-refractivity contribution in [2.24, 2.45) is 0 Å². The summed E-state index contributed by atoms with van der Waals surface area (Å²) in [5.41, 5.74) is 3.18. The second-order valence-electron chi connectivity index (χ2n) is 6.75. The van der Waals surface area contributed by atoms with Crippen molar-refractivity contribution in [1.82, 2.24) is 10.2 Å². The summed E-state index contributed by atoms with van der Waals surface area (Å²) in [7, 11) is 0. The number of ether oxygens (including phenoxy) is 1. The van der Waals surface area contributed by atoms with Crippen molar-refractivity contribution in [3.63, 3.8) is 0 Å². The topological polar surface area (TPSA) is 44.8 Å². The highest BCUT2D eigenvalue weighted by atomic mass is 19.1. The van der Waals surface area contributed by atoms with Gasteiger partial charge in [0.25, 0.3) is 0 Å². The number of benzene rings is 2. The number of carbonyl (C=O) groups excluding carboxylic acids is 1. The Balaban J connectivity index is 1.40. The van der Waals surface area contributed by atoms with E-state index in [2.05, 4.69) is 10.2 Å². The van der Waals surface area contributed by atoms with Gasteiger partial charge in [-0.05, 0) is 49.2 Å². The molecule has 1 N–H and O–H groups in total. The second kappa shape index (κ2) is 8.75. The quantitative estimate of drug-likeness (QED) is 0.820. The van der Waals surface area contributed by atoms with Crippen molar-refractivity contribution < 1.29 is 13.9 Å². The number of aryl methyl sites for hydroxylation is 2. The zero-order valence-electron chi connectivity index (χ0n) is 15.9. The van der Waals surface area contributed by atoms with E-state index in [4.69, 9.17) is 4.74 Å².